The molecule has 4 nitrogen and oxygen atoms in total. The lowest BCUT2D eigenvalue weighted by Gasteiger charge is -2.08. The zero-order valence-corrected chi connectivity index (χ0v) is 14.3. The van der Waals surface area contributed by atoms with E-state index in [4.69, 9.17) is 0 Å². The molecule has 2 aromatic carbocycles. The fourth-order valence-electron chi connectivity index (χ4n) is 2.25. The highest BCUT2D eigenvalue weighted by Crippen LogP contribution is 2.27. The fraction of sp³-hybridized carbons (Fsp3) is 0.105. The number of carbonyl (C=O) groups excluding carboxylic acids is 1. The van der Waals surface area contributed by atoms with Crippen LogP contribution in [0.5, 0.6) is 0 Å². The second-order valence-corrected chi connectivity index (χ2v) is 6.36. The van der Waals surface area contributed by atoms with Crippen molar-refractivity contribution in [1.82, 2.24) is 4.98 Å². The number of rotatable bonds is 4. The van der Waals surface area contributed by atoms with Gasteiger partial charge < -0.3 is 0 Å². The van der Waals surface area contributed by atoms with Gasteiger partial charge in [0.05, 0.1) is 11.2 Å². The Hall–Kier alpha value is -2.66. The quantitative estimate of drug-likeness (QED) is 0.326. The Morgan fingerprint density at radius 2 is 1.88 bits per heavy atom. The third-order valence-corrected chi connectivity index (χ3v) is 4.65. The molecular formula is C19H17N3OS. The topological polar surface area (TPSA) is 54.4 Å². The SMILES string of the molecule is CC(=O)/C(=N/Nc1ccccc1C)Sc1cccc2cccnc12. The van der Waals surface area contributed by atoms with E-state index in [0.29, 0.717) is 5.04 Å². The molecule has 1 N–H and O–H groups in total. The summed E-state index contributed by atoms with van der Waals surface area (Å²) in [5.74, 6) is -0.0889. The maximum atomic E-state index is 12.0. The lowest BCUT2D eigenvalue weighted by atomic mass is 10.2. The van der Waals surface area contributed by atoms with Gasteiger partial charge in [-0.1, -0.05) is 48.2 Å². The van der Waals surface area contributed by atoms with Crippen LogP contribution >= 0.6 is 11.8 Å². The van der Waals surface area contributed by atoms with Crippen LogP contribution in [0.15, 0.2) is 70.8 Å². The number of ketones is 1. The molecular weight excluding hydrogens is 318 g/mol. The first-order valence-corrected chi connectivity index (χ1v) is 8.38. The average molecular weight is 335 g/mol. The number of Topliss-reactive ketones (excluding diaryl/α,β-unsaturated/α-hetero) is 1. The van der Waals surface area contributed by atoms with Gasteiger partial charge in [-0.2, -0.15) is 5.10 Å². The largest absolute Gasteiger partial charge is 0.292 e. The van der Waals surface area contributed by atoms with Gasteiger partial charge in [-0.15, -0.1) is 0 Å². The third kappa shape index (κ3) is 3.63. The molecule has 0 aliphatic carbocycles. The van der Waals surface area contributed by atoms with Crippen LogP contribution in [0, 0.1) is 6.92 Å². The van der Waals surface area contributed by atoms with Crippen LogP contribution in [0.3, 0.4) is 0 Å². The minimum absolute atomic E-state index is 0.0889. The number of fused-ring (bicyclic) bond motifs is 1. The van der Waals surface area contributed by atoms with Crippen molar-refractivity contribution in [2.24, 2.45) is 5.10 Å². The number of pyridine rings is 1. The first kappa shape index (κ1) is 16.2. The summed E-state index contributed by atoms with van der Waals surface area (Å²) in [4.78, 5) is 17.3. The van der Waals surface area contributed by atoms with Crippen molar-refractivity contribution in [3.8, 4) is 0 Å². The summed E-state index contributed by atoms with van der Waals surface area (Å²) >= 11 is 1.33. The number of thioether (sulfide) groups is 1. The van der Waals surface area contributed by atoms with E-state index in [1.165, 1.54) is 18.7 Å². The molecule has 1 heterocycles. The number of hydrogen-bond donors (Lipinski definition) is 1. The molecule has 5 heteroatoms. The summed E-state index contributed by atoms with van der Waals surface area (Å²) < 4.78 is 0. The molecule has 0 unspecified atom stereocenters. The number of aromatic nitrogens is 1. The van der Waals surface area contributed by atoms with E-state index in [-0.39, 0.29) is 5.78 Å². The Kier molecular flexibility index (Phi) is 4.91. The molecule has 0 fully saturated rings. The normalized spacial score (nSPS) is 11.5. The number of aryl methyl sites for hydroxylation is 1. The molecule has 0 saturated carbocycles. The summed E-state index contributed by atoms with van der Waals surface area (Å²) in [6, 6.07) is 17.6. The highest BCUT2D eigenvalue weighted by Gasteiger charge is 2.12. The van der Waals surface area contributed by atoms with Crippen molar-refractivity contribution in [2.45, 2.75) is 18.7 Å². The Morgan fingerprint density at radius 3 is 2.67 bits per heavy atom. The van der Waals surface area contributed by atoms with E-state index in [9.17, 15) is 4.79 Å². The summed E-state index contributed by atoms with van der Waals surface area (Å²) in [5, 5.41) is 5.75. The number of benzene rings is 2. The standard InChI is InChI=1S/C19H17N3OS/c1-13-7-3-4-10-16(13)21-22-19(14(2)23)24-17-11-5-8-15-9-6-12-20-18(15)17/h3-12,21H,1-2H3/b22-19-. The molecule has 3 rings (SSSR count). The van der Waals surface area contributed by atoms with Crippen molar-refractivity contribution >= 4 is 39.2 Å². The molecule has 120 valence electrons. The molecule has 0 spiro atoms. The number of nitrogens with zero attached hydrogens (tertiary/aromatic N) is 2. The lowest BCUT2D eigenvalue weighted by Crippen LogP contribution is -2.08. The van der Waals surface area contributed by atoms with E-state index in [1.807, 2.05) is 61.5 Å². The van der Waals surface area contributed by atoms with Crippen molar-refractivity contribution in [1.29, 1.82) is 0 Å². The molecule has 3 aromatic rings. The van der Waals surface area contributed by atoms with Gasteiger partial charge in [0.1, 0.15) is 0 Å². The van der Waals surface area contributed by atoms with E-state index in [1.54, 1.807) is 6.20 Å². The van der Waals surface area contributed by atoms with Crippen LogP contribution in [0.1, 0.15) is 12.5 Å². The predicted molar refractivity (Wildman–Crippen MR) is 101 cm³/mol. The highest BCUT2D eigenvalue weighted by atomic mass is 32.2. The number of hydrazone groups is 1. The molecule has 0 atom stereocenters. The van der Waals surface area contributed by atoms with Gasteiger partial charge in [0, 0.05) is 23.4 Å². The number of para-hydroxylation sites is 2. The Bertz CT molecular complexity index is 916. The molecule has 0 saturated heterocycles. The van der Waals surface area contributed by atoms with E-state index in [0.717, 1.165) is 27.0 Å². The second-order valence-electron chi connectivity index (χ2n) is 5.33. The Balaban J connectivity index is 1.90. The Labute approximate surface area is 145 Å². The minimum atomic E-state index is -0.0889. The van der Waals surface area contributed by atoms with Crippen LogP contribution in [-0.4, -0.2) is 15.8 Å². The molecule has 24 heavy (non-hydrogen) atoms. The van der Waals surface area contributed by atoms with Gasteiger partial charge >= 0.3 is 0 Å². The summed E-state index contributed by atoms with van der Waals surface area (Å²) in [5.41, 5.74) is 5.81. The van der Waals surface area contributed by atoms with Gasteiger partial charge in [-0.25, -0.2) is 0 Å². The van der Waals surface area contributed by atoms with Gasteiger partial charge in [-0.3, -0.25) is 15.2 Å². The number of carbonyl (C=O) groups is 1. The molecule has 1 aromatic heterocycles. The summed E-state index contributed by atoms with van der Waals surface area (Å²) in [6.07, 6.45) is 1.75. The maximum Gasteiger partial charge on any atom is 0.186 e. The van der Waals surface area contributed by atoms with Gasteiger partial charge in [0.25, 0.3) is 0 Å². The summed E-state index contributed by atoms with van der Waals surface area (Å²) in [6.45, 7) is 3.51. The van der Waals surface area contributed by atoms with Crippen molar-refractivity contribution in [2.75, 3.05) is 5.43 Å². The average Bonchev–Trinajstić information content (AvgIpc) is 2.59. The predicted octanol–water partition coefficient (Wildman–Crippen LogP) is 4.65. The van der Waals surface area contributed by atoms with Crippen LogP contribution in [0.4, 0.5) is 5.69 Å². The van der Waals surface area contributed by atoms with Crippen LogP contribution in [0.2, 0.25) is 0 Å². The minimum Gasteiger partial charge on any atom is -0.292 e. The van der Waals surface area contributed by atoms with E-state index < -0.39 is 0 Å². The smallest absolute Gasteiger partial charge is 0.186 e. The van der Waals surface area contributed by atoms with Gasteiger partial charge in [0.2, 0.25) is 0 Å². The van der Waals surface area contributed by atoms with Crippen LogP contribution in [0.25, 0.3) is 10.9 Å². The molecule has 0 bridgehead atoms. The molecule has 0 aliphatic rings. The lowest BCUT2D eigenvalue weighted by molar-refractivity contribution is -0.110. The third-order valence-electron chi connectivity index (χ3n) is 3.53. The van der Waals surface area contributed by atoms with Crippen molar-refractivity contribution < 1.29 is 4.79 Å². The number of nitrogens with one attached hydrogen (secondary N) is 1. The van der Waals surface area contributed by atoms with Gasteiger partial charge in [0.15, 0.2) is 10.8 Å². The first-order chi connectivity index (χ1) is 11.6. The van der Waals surface area contributed by atoms with Crippen molar-refractivity contribution in [3.05, 3.63) is 66.4 Å². The van der Waals surface area contributed by atoms with Crippen LogP contribution < -0.4 is 5.43 Å². The molecule has 0 amide bonds. The first-order valence-electron chi connectivity index (χ1n) is 7.57. The van der Waals surface area contributed by atoms with Crippen molar-refractivity contribution in [3.63, 3.8) is 0 Å². The van der Waals surface area contributed by atoms with E-state index in [2.05, 4.69) is 15.5 Å². The Morgan fingerprint density at radius 1 is 1.08 bits per heavy atom. The number of hydrogen-bond acceptors (Lipinski definition) is 5. The van der Waals surface area contributed by atoms with E-state index >= 15 is 0 Å². The van der Waals surface area contributed by atoms with Crippen LogP contribution in [-0.2, 0) is 4.79 Å². The zero-order chi connectivity index (χ0) is 16.9. The maximum absolute atomic E-state index is 12.0. The number of anilines is 1. The second kappa shape index (κ2) is 7.27. The zero-order valence-electron chi connectivity index (χ0n) is 13.5. The fourth-order valence-corrected chi connectivity index (χ4v) is 3.10. The summed E-state index contributed by atoms with van der Waals surface area (Å²) in [7, 11) is 0. The van der Waals surface area contributed by atoms with Gasteiger partial charge in [-0.05, 0) is 30.7 Å². The monoisotopic (exact) mass is 335 g/mol. The molecule has 0 radical (unpaired) electrons. The molecule has 0 aliphatic heterocycles. The highest BCUT2D eigenvalue weighted by molar-refractivity contribution is 8.15.